The van der Waals surface area contributed by atoms with E-state index in [9.17, 15) is 0 Å². The molecule has 1 aromatic heterocycles. The van der Waals surface area contributed by atoms with Crippen molar-refractivity contribution in [2.75, 3.05) is 11.1 Å². The molecule has 0 bridgehead atoms. The van der Waals surface area contributed by atoms with Crippen LogP contribution < -0.4 is 11.1 Å². The van der Waals surface area contributed by atoms with E-state index in [0.29, 0.717) is 17.4 Å². The van der Waals surface area contributed by atoms with Crippen LogP contribution in [0.5, 0.6) is 0 Å². The summed E-state index contributed by atoms with van der Waals surface area (Å²) in [5.74, 6) is 1.14. The smallest absolute Gasteiger partial charge is 0.153 e. The molecule has 0 spiro atoms. The molecule has 4 heteroatoms. The first-order chi connectivity index (χ1) is 8.58. The fourth-order valence-electron chi connectivity index (χ4n) is 1.80. The highest BCUT2D eigenvalue weighted by molar-refractivity contribution is 9.10. The third-order valence-corrected chi connectivity index (χ3v) is 3.15. The zero-order valence-corrected chi connectivity index (χ0v) is 12.0. The van der Waals surface area contributed by atoms with Crippen LogP contribution in [0.2, 0.25) is 0 Å². The largest absolute Gasteiger partial charge is 0.396 e. The summed E-state index contributed by atoms with van der Waals surface area (Å²) in [6.45, 7) is 4.33. The summed E-state index contributed by atoms with van der Waals surface area (Å²) >= 11 is 3.35. The molecule has 3 N–H and O–H groups in total. The van der Waals surface area contributed by atoms with Crippen molar-refractivity contribution in [1.29, 1.82) is 0 Å². The SMILES string of the molecule is CC(C)c1ccccc1Nc1ncc(Br)cc1N. The molecule has 0 saturated carbocycles. The predicted octanol–water partition coefficient (Wildman–Crippen LogP) is 4.29. The Morgan fingerprint density at radius 1 is 1.28 bits per heavy atom. The Hall–Kier alpha value is -1.55. The van der Waals surface area contributed by atoms with E-state index < -0.39 is 0 Å². The number of nitrogens with two attached hydrogens (primary N) is 1. The number of hydrogen-bond donors (Lipinski definition) is 2. The standard InChI is InChI=1S/C14H16BrN3/c1-9(2)11-5-3-4-6-13(11)18-14-12(16)7-10(15)8-17-14/h3-9H,16H2,1-2H3,(H,17,18). The predicted molar refractivity (Wildman–Crippen MR) is 80.2 cm³/mol. The number of para-hydroxylation sites is 1. The Bertz CT molecular complexity index is 552. The zero-order valence-electron chi connectivity index (χ0n) is 10.4. The number of nitrogens with one attached hydrogen (secondary N) is 1. The van der Waals surface area contributed by atoms with Crippen LogP contribution in [0, 0.1) is 0 Å². The molecule has 1 heterocycles. The molecule has 0 aliphatic carbocycles. The van der Waals surface area contributed by atoms with E-state index in [1.54, 1.807) is 6.20 Å². The Morgan fingerprint density at radius 2 is 2.00 bits per heavy atom. The summed E-state index contributed by atoms with van der Waals surface area (Å²) < 4.78 is 0.877. The lowest BCUT2D eigenvalue weighted by atomic mass is 10.0. The third-order valence-electron chi connectivity index (χ3n) is 2.72. The summed E-state index contributed by atoms with van der Waals surface area (Å²) in [7, 11) is 0. The molecule has 18 heavy (non-hydrogen) atoms. The van der Waals surface area contributed by atoms with Crippen molar-refractivity contribution in [2.45, 2.75) is 19.8 Å². The maximum Gasteiger partial charge on any atom is 0.153 e. The molecule has 0 aliphatic rings. The van der Waals surface area contributed by atoms with Gasteiger partial charge in [0.2, 0.25) is 0 Å². The number of nitrogen functional groups attached to an aromatic ring is 1. The van der Waals surface area contributed by atoms with Crippen molar-refractivity contribution >= 4 is 33.1 Å². The van der Waals surface area contributed by atoms with Crippen LogP contribution in [0.4, 0.5) is 17.2 Å². The van der Waals surface area contributed by atoms with Crippen molar-refractivity contribution in [3.05, 3.63) is 46.6 Å². The lowest BCUT2D eigenvalue weighted by Crippen LogP contribution is -2.02. The number of halogens is 1. The quantitative estimate of drug-likeness (QED) is 0.889. The molecule has 0 radical (unpaired) electrons. The highest BCUT2D eigenvalue weighted by atomic mass is 79.9. The molecular formula is C14H16BrN3. The minimum atomic E-state index is 0.449. The van der Waals surface area contributed by atoms with Gasteiger partial charge in [0.1, 0.15) is 0 Å². The number of benzene rings is 1. The van der Waals surface area contributed by atoms with Crippen molar-refractivity contribution in [3.8, 4) is 0 Å². The maximum absolute atomic E-state index is 5.94. The third kappa shape index (κ3) is 2.82. The van der Waals surface area contributed by atoms with Gasteiger partial charge in [0.15, 0.2) is 5.82 Å². The number of nitrogens with zero attached hydrogens (tertiary/aromatic N) is 1. The number of pyridine rings is 1. The molecule has 0 saturated heterocycles. The van der Waals surface area contributed by atoms with E-state index in [4.69, 9.17) is 5.73 Å². The second-order valence-corrected chi connectivity index (χ2v) is 5.37. The van der Waals surface area contributed by atoms with Gasteiger partial charge in [-0.15, -0.1) is 0 Å². The van der Waals surface area contributed by atoms with E-state index in [0.717, 1.165) is 10.2 Å². The average molecular weight is 306 g/mol. The van der Waals surface area contributed by atoms with Crippen molar-refractivity contribution in [1.82, 2.24) is 4.98 Å². The van der Waals surface area contributed by atoms with E-state index in [1.165, 1.54) is 5.56 Å². The van der Waals surface area contributed by atoms with Crippen molar-refractivity contribution in [2.24, 2.45) is 0 Å². The Kier molecular flexibility index (Phi) is 3.87. The fraction of sp³-hybridized carbons (Fsp3) is 0.214. The van der Waals surface area contributed by atoms with Gasteiger partial charge in [-0.3, -0.25) is 0 Å². The van der Waals surface area contributed by atoms with Gasteiger partial charge in [0, 0.05) is 16.4 Å². The van der Waals surface area contributed by atoms with Gasteiger partial charge < -0.3 is 11.1 Å². The highest BCUT2D eigenvalue weighted by Gasteiger charge is 2.08. The molecule has 1 aromatic carbocycles. The average Bonchev–Trinajstić information content (AvgIpc) is 2.33. The van der Waals surface area contributed by atoms with Gasteiger partial charge >= 0.3 is 0 Å². The van der Waals surface area contributed by atoms with E-state index in [-0.39, 0.29) is 0 Å². The number of rotatable bonds is 3. The molecular weight excluding hydrogens is 290 g/mol. The Morgan fingerprint density at radius 3 is 2.67 bits per heavy atom. The van der Waals surface area contributed by atoms with Crippen LogP contribution in [0.3, 0.4) is 0 Å². The normalized spacial score (nSPS) is 10.7. The first-order valence-electron chi connectivity index (χ1n) is 5.85. The number of anilines is 3. The molecule has 0 fully saturated rings. The topological polar surface area (TPSA) is 50.9 Å². The number of hydrogen-bond acceptors (Lipinski definition) is 3. The summed E-state index contributed by atoms with van der Waals surface area (Å²) in [5, 5.41) is 3.29. The fourth-order valence-corrected chi connectivity index (χ4v) is 2.15. The monoisotopic (exact) mass is 305 g/mol. The maximum atomic E-state index is 5.94. The first kappa shape index (κ1) is 12.9. The Labute approximate surface area is 116 Å². The van der Waals surface area contributed by atoms with Crippen LogP contribution >= 0.6 is 15.9 Å². The van der Waals surface area contributed by atoms with Crippen molar-refractivity contribution < 1.29 is 0 Å². The van der Waals surface area contributed by atoms with Crippen LogP contribution in [-0.2, 0) is 0 Å². The van der Waals surface area contributed by atoms with Crippen LogP contribution in [0.1, 0.15) is 25.3 Å². The molecule has 0 aliphatic heterocycles. The molecule has 94 valence electrons. The van der Waals surface area contributed by atoms with Gasteiger partial charge in [-0.1, -0.05) is 32.0 Å². The van der Waals surface area contributed by atoms with Gasteiger partial charge in [0.25, 0.3) is 0 Å². The summed E-state index contributed by atoms with van der Waals surface area (Å²) in [5.41, 5.74) is 8.87. The lowest BCUT2D eigenvalue weighted by Gasteiger charge is -2.15. The summed E-state index contributed by atoms with van der Waals surface area (Å²) in [6.07, 6.45) is 1.73. The summed E-state index contributed by atoms with van der Waals surface area (Å²) in [4.78, 5) is 4.29. The minimum Gasteiger partial charge on any atom is -0.396 e. The van der Waals surface area contributed by atoms with Crippen LogP contribution in [0.15, 0.2) is 41.0 Å². The number of aromatic nitrogens is 1. The highest BCUT2D eigenvalue weighted by Crippen LogP contribution is 2.29. The lowest BCUT2D eigenvalue weighted by molar-refractivity contribution is 0.869. The zero-order chi connectivity index (χ0) is 13.1. The second-order valence-electron chi connectivity index (χ2n) is 4.46. The van der Waals surface area contributed by atoms with E-state index >= 15 is 0 Å². The summed E-state index contributed by atoms with van der Waals surface area (Å²) in [6, 6.07) is 10.0. The van der Waals surface area contributed by atoms with Gasteiger partial charge in [-0.05, 0) is 39.5 Å². The van der Waals surface area contributed by atoms with Crippen LogP contribution in [0.25, 0.3) is 0 Å². The van der Waals surface area contributed by atoms with E-state index in [1.807, 2.05) is 24.3 Å². The van der Waals surface area contributed by atoms with Crippen LogP contribution in [-0.4, -0.2) is 4.98 Å². The van der Waals surface area contributed by atoms with Gasteiger partial charge in [-0.25, -0.2) is 4.98 Å². The Balaban J connectivity index is 2.34. The molecule has 2 rings (SSSR count). The molecule has 0 amide bonds. The second kappa shape index (κ2) is 5.40. The van der Waals surface area contributed by atoms with Gasteiger partial charge in [-0.2, -0.15) is 0 Å². The molecule has 0 atom stereocenters. The van der Waals surface area contributed by atoms with Gasteiger partial charge in [0.05, 0.1) is 5.69 Å². The molecule has 2 aromatic rings. The van der Waals surface area contributed by atoms with E-state index in [2.05, 4.69) is 46.1 Å². The molecule has 3 nitrogen and oxygen atoms in total. The molecule has 0 unspecified atom stereocenters. The van der Waals surface area contributed by atoms with Crippen molar-refractivity contribution in [3.63, 3.8) is 0 Å². The minimum absolute atomic E-state index is 0.449. The first-order valence-corrected chi connectivity index (χ1v) is 6.64.